The average Bonchev–Trinajstić information content (AvgIpc) is 2.47. The van der Waals surface area contributed by atoms with E-state index in [1.807, 2.05) is 25.1 Å². The highest BCUT2D eigenvalue weighted by atomic mass is 32.2. The molecule has 0 aliphatic heterocycles. The van der Waals surface area contributed by atoms with Gasteiger partial charge in [0, 0.05) is 5.56 Å². The molecule has 0 N–H and O–H groups in total. The van der Waals surface area contributed by atoms with E-state index in [0.29, 0.717) is 10.6 Å². The zero-order chi connectivity index (χ0) is 16.3. The topological polar surface area (TPSA) is 35.5 Å². The van der Waals surface area contributed by atoms with Gasteiger partial charge in [0.05, 0.1) is 12.0 Å². The fraction of sp³-hybridized carbons (Fsp3) is 0.278. The first kappa shape index (κ1) is 16.4. The lowest BCUT2D eigenvalue weighted by atomic mass is 10.0. The van der Waals surface area contributed by atoms with E-state index in [9.17, 15) is 4.21 Å². The van der Waals surface area contributed by atoms with E-state index < -0.39 is 9.80 Å². The van der Waals surface area contributed by atoms with Crippen LogP contribution in [-0.2, 0) is 9.80 Å². The molecule has 0 amide bonds. The Morgan fingerprint density at radius 3 is 2.27 bits per heavy atom. The minimum atomic E-state index is -2.85. The molecule has 0 saturated carbocycles. The van der Waals surface area contributed by atoms with Crippen LogP contribution in [0.3, 0.4) is 0 Å². The minimum Gasteiger partial charge on any atom is -0.497 e. The van der Waals surface area contributed by atoms with Gasteiger partial charge in [-0.25, -0.2) is 4.21 Å². The Morgan fingerprint density at radius 1 is 1.09 bits per heavy atom. The summed E-state index contributed by atoms with van der Waals surface area (Å²) in [6, 6.07) is 12.9. The van der Waals surface area contributed by atoms with Gasteiger partial charge in [-0.1, -0.05) is 31.5 Å². The maximum Gasteiger partial charge on any atom is 0.147 e. The van der Waals surface area contributed by atoms with Crippen LogP contribution >= 0.6 is 0 Å². The molecule has 0 bridgehead atoms. The first-order valence-corrected chi connectivity index (χ1v) is 8.80. The van der Waals surface area contributed by atoms with Gasteiger partial charge in [0.15, 0.2) is 0 Å². The lowest BCUT2D eigenvalue weighted by Crippen LogP contribution is -2.11. The Hall–Kier alpha value is -1.94. The third-order valence-electron chi connectivity index (χ3n) is 3.44. The van der Waals surface area contributed by atoms with Crippen molar-refractivity contribution in [3.05, 3.63) is 53.6 Å². The highest BCUT2D eigenvalue weighted by Gasteiger charge is 2.15. The van der Waals surface area contributed by atoms with E-state index >= 15 is 0 Å². The maximum atomic E-state index is 12.8. The summed E-state index contributed by atoms with van der Waals surface area (Å²) in [6.07, 6.45) is 0. The number of ether oxygens (including phenoxy) is 1. The normalized spacial score (nSPS) is 13.7. The molecule has 2 rings (SSSR count). The fourth-order valence-corrected chi connectivity index (χ4v) is 3.21. The van der Waals surface area contributed by atoms with Crippen molar-refractivity contribution in [3.8, 4) is 11.5 Å². The fourth-order valence-electron chi connectivity index (χ4n) is 2.12. The predicted molar refractivity (Wildman–Crippen MR) is 92.4 cm³/mol. The molecule has 0 spiro atoms. The van der Waals surface area contributed by atoms with Crippen molar-refractivity contribution in [1.29, 1.82) is 0 Å². The smallest absolute Gasteiger partial charge is 0.147 e. The standard InChI is InChI=1S/C18H22O3S/c1-13(2)17-12-15(20-4)8-11-18(17)21-22(5,19)16-9-6-14(3)7-10-16/h6-13H,5H2,1-4H3. The molecule has 2 aromatic rings. The highest BCUT2D eigenvalue weighted by molar-refractivity contribution is 7.96. The van der Waals surface area contributed by atoms with Crippen molar-refractivity contribution in [2.24, 2.45) is 0 Å². The lowest BCUT2D eigenvalue weighted by Gasteiger charge is -2.17. The van der Waals surface area contributed by atoms with Crippen LogP contribution in [0.4, 0.5) is 0 Å². The van der Waals surface area contributed by atoms with E-state index in [1.54, 1.807) is 31.4 Å². The summed E-state index contributed by atoms with van der Waals surface area (Å²) in [5, 5.41) is 0. The monoisotopic (exact) mass is 318 g/mol. The molecule has 3 nitrogen and oxygen atoms in total. The van der Waals surface area contributed by atoms with E-state index in [2.05, 4.69) is 19.7 Å². The van der Waals surface area contributed by atoms with Gasteiger partial charge in [-0.3, -0.25) is 0 Å². The molecule has 1 atom stereocenters. The van der Waals surface area contributed by atoms with Crippen LogP contribution in [0.15, 0.2) is 47.4 Å². The molecule has 2 aromatic carbocycles. The van der Waals surface area contributed by atoms with Gasteiger partial charge < -0.3 is 8.92 Å². The second-order valence-electron chi connectivity index (χ2n) is 5.57. The second kappa shape index (κ2) is 6.44. The van der Waals surface area contributed by atoms with Crippen LogP contribution in [0.2, 0.25) is 0 Å². The predicted octanol–water partition coefficient (Wildman–Crippen LogP) is 4.20. The van der Waals surface area contributed by atoms with Gasteiger partial charge in [-0.15, -0.1) is 0 Å². The number of rotatable bonds is 5. The van der Waals surface area contributed by atoms with Crippen molar-refractivity contribution in [2.75, 3.05) is 7.11 Å². The average molecular weight is 318 g/mol. The molecule has 0 aliphatic carbocycles. The minimum absolute atomic E-state index is 0.221. The molecule has 0 fully saturated rings. The summed E-state index contributed by atoms with van der Waals surface area (Å²) in [5.41, 5.74) is 2.05. The number of aryl methyl sites for hydroxylation is 1. The van der Waals surface area contributed by atoms with Crippen LogP contribution in [0.25, 0.3) is 0 Å². The Morgan fingerprint density at radius 2 is 1.73 bits per heavy atom. The number of hydrogen-bond acceptors (Lipinski definition) is 3. The summed E-state index contributed by atoms with van der Waals surface area (Å²) in [5.74, 6) is 5.33. The van der Waals surface area contributed by atoms with Gasteiger partial charge in [0.2, 0.25) is 0 Å². The van der Waals surface area contributed by atoms with Crippen molar-refractivity contribution >= 4 is 15.7 Å². The first-order chi connectivity index (χ1) is 10.3. The number of methoxy groups -OCH3 is 1. The molecule has 118 valence electrons. The zero-order valence-electron chi connectivity index (χ0n) is 13.5. The van der Waals surface area contributed by atoms with Gasteiger partial charge >= 0.3 is 0 Å². The van der Waals surface area contributed by atoms with Crippen molar-refractivity contribution in [1.82, 2.24) is 0 Å². The SMILES string of the molecule is C=S(=O)(Oc1ccc(OC)cc1C(C)C)c1ccc(C)cc1. The van der Waals surface area contributed by atoms with Crippen LogP contribution in [-0.4, -0.2) is 17.2 Å². The van der Waals surface area contributed by atoms with Crippen LogP contribution < -0.4 is 8.92 Å². The van der Waals surface area contributed by atoms with E-state index in [1.165, 1.54) is 0 Å². The quantitative estimate of drug-likeness (QED) is 0.775. The molecule has 0 aromatic heterocycles. The van der Waals surface area contributed by atoms with Crippen molar-refractivity contribution in [3.63, 3.8) is 0 Å². The lowest BCUT2D eigenvalue weighted by molar-refractivity contribution is 0.413. The Kier molecular flexibility index (Phi) is 4.81. The Bertz CT molecular complexity index is 744. The summed E-state index contributed by atoms with van der Waals surface area (Å²) in [7, 11) is -1.22. The van der Waals surface area contributed by atoms with Gasteiger partial charge in [-0.05, 0) is 49.0 Å². The summed E-state index contributed by atoms with van der Waals surface area (Å²) in [6.45, 7) is 6.09. The molecular formula is C18H22O3S. The van der Waals surface area contributed by atoms with Gasteiger partial charge in [0.1, 0.15) is 21.3 Å². The first-order valence-electron chi connectivity index (χ1n) is 7.15. The van der Waals surface area contributed by atoms with Gasteiger partial charge in [0.25, 0.3) is 0 Å². The highest BCUT2D eigenvalue weighted by Crippen LogP contribution is 2.32. The summed E-state index contributed by atoms with van der Waals surface area (Å²) >= 11 is 0. The van der Waals surface area contributed by atoms with E-state index in [0.717, 1.165) is 16.9 Å². The molecule has 0 radical (unpaired) electrons. The summed E-state index contributed by atoms with van der Waals surface area (Å²) < 4.78 is 23.9. The van der Waals surface area contributed by atoms with Crippen molar-refractivity contribution in [2.45, 2.75) is 31.6 Å². The third-order valence-corrected chi connectivity index (χ3v) is 4.88. The zero-order valence-corrected chi connectivity index (χ0v) is 14.3. The number of benzene rings is 2. The van der Waals surface area contributed by atoms with Crippen molar-refractivity contribution < 1.29 is 13.1 Å². The molecule has 1 unspecified atom stereocenters. The Labute approximate surface area is 133 Å². The molecular weight excluding hydrogens is 296 g/mol. The van der Waals surface area contributed by atoms with Gasteiger partial charge in [-0.2, -0.15) is 0 Å². The largest absolute Gasteiger partial charge is 0.497 e. The molecule has 0 heterocycles. The van der Waals surface area contributed by atoms with Crippen LogP contribution in [0.5, 0.6) is 11.5 Å². The third kappa shape index (κ3) is 3.63. The molecule has 22 heavy (non-hydrogen) atoms. The summed E-state index contributed by atoms with van der Waals surface area (Å²) in [4.78, 5) is 0.587. The second-order valence-corrected chi connectivity index (χ2v) is 7.44. The Balaban J connectivity index is 2.39. The molecule has 4 heteroatoms. The maximum absolute atomic E-state index is 12.8. The van der Waals surface area contributed by atoms with E-state index in [-0.39, 0.29) is 5.92 Å². The van der Waals surface area contributed by atoms with Crippen LogP contribution in [0.1, 0.15) is 30.9 Å². The number of hydrogen-bond donors (Lipinski definition) is 0. The molecule has 0 aliphatic rings. The van der Waals surface area contributed by atoms with Crippen LogP contribution in [0, 0.1) is 6.92 Å². The van der Waals surface area contributed by atoms with E-state index in [4.69, 9.17) is 8.92 Å². The molecule has 0 saturated heterocycles.